The van der Waals surface area contributed by atoms with Gasteiger partial charge in [-0.1, -0.05) is 24.3 Å². The standard InChI is InChI=1S/C19H17N3O2/c1-12-10-16(15-8-3-4-9-17(15)21-12)19(24)22-14-7-5-6-13(11-14)18(23)20-2/h3-11H,1-2H3,(H,20,23)(H,22,24). The van der Waals surface area contributed by atoms with Crippen LogP contribution in [0.5, 0.6) is 0 Å². The molecule has 0 radical (unpaired) electrons. The zero-order valence-corrected chi connectivity index (χ0v) is 13.5. The first-order valence-corrected chi connectivity index (χ1v) is 7.58. The first kappa shape index (κ1) is 15.7. The van der Waals surface area contributed by atoms with Crippen molar-refractivity contribution in [1.82, 2.24) is 10.3 Å². The number of aromatic nitrogens is 1. The minimum atomic E-state index is -0.231. The largest absolute Gasteiger partial charge is 0.355 e. The summed E-state index contributed by atoms with van der Waals surface area (Å²) in [5, 5.41) is 6.21. The van der Waals surface area contributed by atoms with Gasteiger partial charge in [0.05, 0.1) is 11.1 Å². The minimum absolute atomic E-state index is 0.198. The molecule has 0 saturated carbocycles. The number of para-hydroxylation sites is 1. The van der Waals surface area contributed by atoms with Crippen molar-refractivity contribution in [2.75, 3.05) is 12.4 Å². The fourth-order valence-corrected chi connectivity index (χ4v) is 2.58. The Morgan fingerprint density at radius 2 is 1.75 bits per heavy atom. The lowest BCUT2D eigenvalue weighted by Crippen LogP contribution is -2.18. The predicted octanol–water partition coefficient (Wildman–Crippen LogP) is 3.16. The van der Waals surface area contributed by atoms with Gasteiger partial charge in [0.25, 0.3) is 11.8 Å². The molecule has 0 aliphatic heterocycles. The third-order valence-electron chi connectivity index (χ3n) is 3.70. The van der Waals surface area contributed by atoms with Crippen LogP contribution in [0.4, 0.5) is 5.69 Å². The van der Waals surface area contributed by atoms with E-state index in [2.05, 4.69) is 15.6 Å². The molecule has 120 valence electrons. The van der Waals surface area contributed by atoms with Crippen LogP contribution in [0.25, 0.3) is 10.9 Å². The lowest BCUT2D eigenvalue weighted by Gasteiger charge is -2.10. The number of benzene rings is 2. The van der Waals surface area contributed by atoms with Gasteiger partial charge in [-0.25, -0.2) is 0 Å². The van der Waals surface area contributed by atoms with Gasteiger partial charge < -0.3 is 10.6 Å². The van der Waals surface area contributed by atoms with Crippen LogP contribution in [-0.2, 0) is 0 Å². The molecule has 24 heavy (non-hydrogen) atoms. The number of carbonyl (C=O) groups excluding carboxylic acids is 2. The van der Waals surface area contributed by atoms with Gasteiger partial charge in [0.15, 0.2) is 0 Å². The number of nitrogens with one attached hydrogen (secondary N) is 2. The van der Waals surface area contributed by atoms with E-state index < -0.39 is 0 Å². The zero-order chi connectivity index (χ0) is 17.1. The molecule has 0 fully saturated rings. The zero-order valence-electron chi connectivity index (χ0n) is 13.5. The summed E-state index contributed by atoms with van der Waals surface area (Å²) >= 11 is 0. The molecule has 3 rings (SSSR count). The second kappa shape index (κ2) is 6.50. The molecule has 0 spiro atoms. The molecule has 0 unspecified atom stereocenters. The smallest absolute Gasteiger partial charge is 0.256 e. The predicted molar refractivity (Wildman–Crippen MR) is 94.3 cm³/mol. The van der Waals surface area contributed by atoms with Gasteiger partial charge in [0, 0.05) is 29.4 Å². The van der Waals surface area contributed by atoms with E-state index in [0.29, 0.717) is 16.8 Å². The van der Waals surface area contributed by atoms with E-state index in [1.54, 1.807) is 37.4 Å². The molecule has 0 atom stereocenters. The van der Waals surface area contributed by atoms with Crippen molar-refractivity contribution < 1.29 is 9.59 Å². The van der Waals surface area contributed by atoms with E-state index in [0.717, 1.165) is 16.6 Å². The van der Waals surface area contributed by atoms with Gasteiger partial charge in [0.1, 0.15) is 0 Å². The quantitative estimate of drug-likeness (QED) is 0.779. The van der Waals surface area contributed by atoms with Crippen LogP contribution in [0, 0.1) is 6.92 Å². The summed E-state index contributed by atoms with van der Waals surface area (Å²) in [5.41, 5.74) is 3.17. The molecule has 2 N–H and O–H groups in total. The van der Waals surface area contributed by atoms with Crippen LogP contribution in [0.15, 0.2) is 54.6 Å². The Balaban J connectivity index is 1.95. The fraction of sp³-hybridized carbons (Fsp3) is 0.105. The monoisotopic (exact) mass is 319 g/mol. The molecule has 0 aliphatic rings. The van der Waals surface area contributed by atoms with Crippen molar-refractivity contribution in [1.29, 1.82) is 0 Å². The molecule has 3 aromatic rings. The summed E-state index contributed by atoms with van der Waals surface area (Å²) in [4.78, 5) is 28.8. The number of nitrogens with zero attached hydrogens (tertiary/aromatic N) is 1. The molecule has 1 heterocycles. The van der Waals surface area contributed by atoms with Gasteiger partial charge in [-0.3, -0.25) is 14.6 Å². The maximum atomic E-state index is 12.7. The van der Waals surface area contributed by atoms with Gasteiger partial charge in [-0.2, -0.15) is 0 Å². The number of carbonyl (C=O) groups is 2. The normalized spacial score (nSPS) is 10.4. The molecule has 2 amide bonds. The Labute approximate surface area is 139 Å². The van der Waals surface area contributed by atoms with Gasteiger partial charge in [0.2, 0.25) is 0 Å². The first-order chi connectivity index (χ1) is 11.6. The molecular formula is C19H17N3O2. The van der Waals surface area contributed by atoms with E-state index in [9.17, 15) is 9.59 Å². The fourth-order valence-electron chi connectivity index (χ4n) is 2.58. The highest BCUT2D eigenvalue weighted by molar-refractivity contribution is 6.12. The van der Waals surface area contributed by atoms with Crippen LogP contribution in [0.1, 0.15) is 26.4 Å². The number of aryl methyl sites for hydroxylation is 1. The Hall–Kier alpha value is -3.21. The van der Waals surface area contributed by atoms with Crippen LogP contribution in [-0.4, -0.2) is 23.8 Å². The van der Waals surface area contributed by atoms with Crippen molar-refractivity contribution in [3.8, 4) is 0 Å². The summed E-state index contributed by atoms with van der Waals surface area (Å²) in [5.74, 6) is -0.429. The number of amides is 2. The highest BCUT2D eigenvalue weighted by Crippen LogP contribution is 2.20. The maximum absolute atomic E-state index is 12.7. The molecule has 5 nitrogen and oxygen atoms in total. The highest BCUT2D eigenvalue weighted by Gasteiger charge is 2.13. The lowest BCUT2D eigenvalue weighted by atomic mass is 10.1. The van der Waals surface area contributed by atoms with E-state index in [1.807, 2.05) is 31.2 Å². The first-order valence-electron chi connectivity index (χ1n) is 7.58. The molecular weight excluding hydrogens is 302 g/mol. The molecule has 0 aliphatic carbocycles. The van der Waals surface area contributed by atoms with Gasteiger partial charge in [-0.05, 0) is 37.3 Å². The molecule has 0 bridgehead atoms. The summed E-state index contributed by atoms with van der Waals surface area (Å²) in [6.45, 7) is 1.86. The van der Waals surface area contributed by atoms with Crippen LogP contribution in [0.2, 0.25) is 0 Å². The van der Waals surface area contributed by atoms with Crippen LogP contribution < -0.4 is 10.6 Å². The maximum Gasteiger partial charge on any atom is 0.256 e. The number of rotatable bonds is 3. The second-order valence-electron chi connectivity index (χ2n) is 5.44. The Kier molecular flexibility index (Phi) is 4.24. The molecule has 2 aromatic carbocycles. The average molecular weight is 319 g/mol. The van der Waals surface area contributed by atoms with Crippen molar-refractivity contribution in [3.63, 3.8) is 0 Å². The Morgan fingerprint density at radius 3 is 2.54 bits per heavy atom. The SMILES string of the molecule is CNC(=O)c1cccc(NC(=O)c2cc(C)nc3ccccc23)c1. The highest BCUT2D eigenvalue weighted by atomic mass is 16.2. The third kappa shape index (κ3) is 3.10. The van der Waals surface area contributed by atoms with Crippen molar-refractivity contribution in [3.05, 3.63) is 71.4 Å². The van der Waals surface area contributed by atoms with Gasteiger partial charge >= 0.3 is 0 Å². The van der Waals surface area contributed by atoms with E-state index in [1.165, 1.54) is 0 Å². The number of pyridine rings is 1. The lowest BCUT2D eigenvalue weighted by molar-refractivity contribution is 0.0961. The molecule has 5 heteroatoms. The van der Waals surface area contributed by atoms with Crippen LogP contribution in [0.3, 0.4) is 0 Å². The van der Waals surface area contributed by atoms with Crippen molar-refractivity contribution >= 4 is 28.4 Å². The van der Waals surface area contributed by atoms with Crippen molar-refractivity contribution in [2.45, 2.75) is 6.92 Å². The summed E-state index contributed by atoms with van der Waals surface area (Å²) in [7, 11) is 1.57. The van der Waals surface area contributed by atoms with E-state index >= 15 is 0 Å². The summed E-state index contributed by atoms with van der Waals surface area (Å²) < 4.78 is 0. The second-order valence-corrected chi connectivity index (χ2v) is 5.44. The Bertz CT molecular complexity index is 935. The number of fused-ring (bicyclic) bond motifs is 1. The number of anilines is 1. The van der Waals surface area contributed by atoms with Gasteiger partial charge in [-0.15, -0.1) is 0 Å². The molecule has 0 saturated heterocycles. The van der Waals surface area contributed by atoms with E-state index in [4.69, 9.17) is 0 Å². The average Bonchev–Trinajstić information content (AvgIpc) is 2.60. The Morgan fingerprint density at radius 1 is 0.958 bits per heavy atom. The third-order valence-corrected chi connectivity index (χ3v) is 3.70. The minimum Gasteiger partial charge on any atom is -0.355 e. The van der Waals surface area contributed by atoms with Crippen LogP contribution >= 0.6 is 0 Å². The van der Waals surface area contributed by atoms with E-state index in [-0.39, 0.29) is 11.8 Å². The molecule has 1 aromatic heterocycles. The van der Waals surface area contributed by atoms with Crippen molar-refractivity contribution in [2.24, 2.45) is 0 Å². The summed E-state index contributed by atoms with van der Waals surface area (Å²) in [6, 6.07) is 16.1. The number of hydrogen-bond acceptors (Lipinski definition) is 3. The topological polar surface area (TPSA) is 71.1 Å². The summed E-state index contributed by atoms with van der Waals surface area (Å²) in [6.07, 6.45) is 0. The number of hydrogen-bond donors (Lipinski definition) is 2.